The number of methoxy groups -OCH3 is 1. The van der Waals surface area contributed by atoms with Crippen molar-refractivity contribution in [1.29, 1.82) is 0 Å². The van der Waals surface area contributed by atoms with Crippen molar-refractivity contribution in [2.45, 2.75) is 12.5 Å². The minimum absolute atomic E-state index is 0.0717. The van der Waals surface area contributed by atoms with Crippen LogP contribution in [-0.2, 0) is 6.42 Å². The Morgan fingerprint density at radius 2 is 2.18 bits per heavy atom. The molecule has 4 heteroatoms. The molecular formula is C13H15N3O. The van der Waals surface area contributed by atoms with E-state index in [1.807, 2.05) is 30.3 Å². The summed E-state index contributed by atoms with van der Waals surface area (Å²) >= 11 is 0. The van der Waals surface area contributed by atoms with Crippen LogP contribution in [0.3, 0.4) is 0 Å². The van der Waals surface area contributed by atoms with Gasteiger partial charge in [0.1, 0.15) is 5.75 Å². The Labute approximate surface area is 100 Å². The first-order valence-electron chi connectivity index (χ1n) is 5.44. The third kappa shape index (κ3) is 3.01. The van der Waals surface area contributed by atoms with Crippen molar-refractivity contribution in [3.8, 4) is 5.75 Å². The molecule has 2 aromatic rings. The number of aromatic nitrogens is 2. The summed E-state index contributed by atoms with van der Waals surface area (Å²) in [5.74, 6) is 0.850. The molecule has 1 heterocycles. The largest absolute Gasteiger partial charge is 0.497 e. The van der Waals surface area contributed by atoms with Crippen molar-refractivity contribution in [3.05, 3.63) is 53.9 Å². The highest BCUT2D eigenvalue weighted by Crippen LogP contribution is 2.18. The van der Waals surface area contributed by atoms with Gasteiger partial charge in [-0.2, -0.15) is 10.2 Å². The van der Waals surface area contributed by atoms with E-state index >= 15 is 0 Å². The standard InChI is InChI=1S/C13H15N3O/c1-17-12-4-2-3-10(7-12)8-13(14)11-5-6-15-16-9-11/h2-7,9,13H,8,14H2,1H3. The van der Waals surface area contributed by atoms with E-state index in [0.717, 1.165) is 23.3 Å². The van der Waals surface area contributed by atoms with Gasteiger partial charge in [-0.1, -0.05) is 12.1 Å². The van der Waals surface area contributed by atoms with E-state index in [4.69, 9.17) is 10.5 Å². The Hall–Kier alpha value is -1.94. The number of nitrogens with two attached hydrogens (primary N) is 1. The van der Waals surface area contributed by atoms with Gasteiger partial charge >= 0.3 is 0 Å². The number of benzene rings is 1. The molecule has 0 saturated carbocycles. The fourth-order valence-corrected chi connectivity index (χ4v) is 1.69. The summed E-state index contributed by atoms with van der Waals surface area (Å²) in [5.41, 5.74) is 8.25. The van der Waals surface area contributed by atoms with Crippen molar-refractivity contribution >= 4 is 0 Å². The molecule has 0 bridgehead atoms. The molecule has 17 heavy (non-hydrogen) atoms. The van der Waals surface area contributed by atoms with Gasteiger partial charge in [0, 0.05) is 12.2 Å². The zero-order valence-corrected chi connectivity index (χ0v) is 9.71. The zero-order chi connectivity index (χ0) is 12.1. The molecule has 1 aromatic heterocycles. The summed E-state index contributed by atoms with van der Waals surface area (Å²) in [4.78, 5) is 0. The molecule has 0 saturated heterocycles. The van der Waals surface area contributed by atoms with E-state index in [9.17, 15) is 0 Å². The lowest BCUT2D eigenvalue weighted by molar-refractivity contribution is 0.414. The van der Waals surface area contributed by atoms with Crippen LogP contribution >= 0.6 is 0 Å². The van der Waals surface area contributed by atoms with Crippen LogP contribution in [0.2, 0.25) is 0 Å². The molecule has 0 amide bonds. The van der Waals surface area contributed by atoms with Crippen LogP contribution in [0.1, 0.15) is 17.2 Å². The highest BCUT2D eigenvalue weighted by atomic mass is 16.5. The average Bonchev–Trinajstić information content (AvgIpc) is 2.40. The molecule has 2 rings (SSSR count). The van der Waals surface area contributed by atoms with Crippen LogP contribution < -0.4 is 10.5 Å². The molecule has 0 spiro atoms. The Kier molecular flexibility index (Phi) is 3.67. The summed E-state index contributed by atoms with van der Waals surface area (Å²) in [5, 5.41) is 7.56. The molecule has 88 valence electrons. The van der Waals surface area contributed by atoms with Gasteiger partial charge < -0.3 is 10.5 Å². The highest BCUT2D eigenvalue weighted by Gasteiger charge is 2.07. The predicted octanol–water partition coefficient (Wildman–Crippen LogP) is 1.73. The van der Waals surface area contributed by atoms with Gasteiger partial charge in [-0.3, -0.25) is 0 Å². The summed E-state index contributed by atoms with van der Waals surface area (Å²) in [6.45, 7) is 0. The second-order valence-electron chi connectivity index (χ2n) is 3.84. The normalized spacial score (nSPS) is 12.1. The summed E-state index contributed by atoms with van der Waals surface area (Å²) in [7, 11) is 1.66. The average molecular weight is 229 g/mol. The van der Waals surface area contributed by atoms with E-state index in [-0.39, 0.29) is 6.04 Å². The van der Waals surface area contributed by atoms with Crippen molar-refractivity contribution < 1.29 is 4.74 Å². The summed E-state index contributed by atoms with van der Waals surface area (Å²) in [6, 6.07) is 9.73. The molecule has 2 N–H and O–H groups in total. The van der Waals surface area contributed by atoms with Gasteiger partial charge in [0.25, 0.3) is 0 Å². The maximum Gasteiger partial charge on any atom is 0.119 e. The Bertz CT molecular complexity index is 473. The monoisotopic (exact) mass is 229 g/mol. The molecule has 0 radical (unpaired) electrons. The molecular weight excluding hydrogens is 214 g/mol. The second-order valence-corrected chi connectivity index (χ2v) is 3.84. The molecule has 1 aromatic carbocycles. The van der Waals surface area contributed by atoms with Crippen LogP contribution in [0.15, 0.2) is 42.7 Å². The summed E-state index contributed by atoms with van der Waals surface area (Å²) in [6.07, 6.45) is 4.11. The van der Waals surface area contributed by atoms with Crippen LogP contribution in [0.25, 0.3) is 0 Å². The lowest BCUT2D eigenvalue weighted by Crippen LogP contribution is -2.13. The molecule has 1 atom stereocenters. The Balaban J connectivity index is 2.10. The minimum atomic E-state index is -0.0717. The molecule has 0 fully saturated rings. The third-order valence-electron chi connectivity index (χ3n) is 2.63. The van der Waals surface area contributed by atoms with Crippen LogP contribution in [0.4, 0.5) is 0 Å². The smallest absolute Gasteiger partial charge is 0.119 e. The number of rotatable bonds is 4. The van der Waals surface area contributed by atoms with E-state index in [0.29, 0.717) is 0 Å². The van der Waals surface area contributed by atoms with Crippen molar-refractivity contribution in [1.82, 2.24) is 10.2 Å². The van der Waals surface area contributed by atoms with E-state index in [1.165, 1.54) is 0 Å². The van der Waals surface area contributed by atoms with Crippen LogP contribution in [-0.4, -0.2) is 17.3 Å². The van der Waals surface area contributed by atoms with Crippen molar-refractivity contribution in [2.75, 3.05) is 7.11 Å². The van der Waals surface area contributed by atoms with Crippen LogP contribution in [0.5, 0.6) is 5.75 Å². The second kappa shape index (κ2) is 5.41. The lowest BCUT2D eigenvalue weighted by Gasteiger charge is -2.11. The van der Waals surface area contributed by atoms with E-state index in [1.54, 1.807) is 19.5 Å². The van der Waals surface area contributed by atoms with E-state index in [2.05, 4.69) is 10.2 Å². The van der Waals surface area contributed by atoms with Gasteiger partial charge in [-0.15, -0.1) is 0 Å². The lowest BCUT2D eigenvalue weighted by atomic mass is 10.0. The first kappa shape index (κ1) is 11.5. The molecule has 4 nitrogen and oxygen atoms in total. The summed E-state index contributed by atoms with van der Waals surface area (Å²) < 4.78 is 5.18. The number of nitrogens with zero attached hydrogens (tertiary/aromatic N) is 2. The van der Waals surface area contributed by atoms with Gasteiger partial charge in [0.15, 0.2) is 0 Å². The van der Waals surface area contributed by atoms with E-state index < -0.39 is 0 Å². The molecule has 0 aliphatic rings. The highest BCUT2D eigenvalue weighted by molar-refractivity contribution is 5.30. The predicted molar refractivity (Wildman–Crippen MR) is 65.7 cm³/mol. The van der Waals surface area contributed by atoms with Gasteiger partial charge in [-0.25, -0.2) is 0 Å². The fourth-order valence-electron chi connectivity index (χ4n) is 1.69. The Morgan fingerprint density at radius 3 is 2.88 bits per heavy atom. The maximum atomic E-state index is 6.11. The van der Waals surface area contributed by atoms with Crippen LogP contribution in [0, 0.1) is 0 Å². The first-order chi connectivity index (χ1) is 8.29. The topological polar surface area (TPSA) is 61.0 Å². The zero-order valence-electron chi connectivity index (χ0n) is 9.71. The quantitative estimate of drug-likeness (QED) is 0.867. The van der Waals surface area contributed by atoms with Crippen molar-refractivity contribution in [3.63, 3.8) is 0 Å². The number of ether oxygens (including phenoxy) is 1. The number of hydrogen-bond donors (Lipinski definition) is 1. The van der Waals surface area contributed by atoms with Gasteiger partial charge in [-0.05, 0) is 35.7 Å². The fraction of sp³-hybridized carbons (Fsp3) is 0.231. The van der Waals surface area contributed by atoms with Gasteiger partial charge in [0.05, 0.1) is 13.3 Å². The SMILES string of the molecule is COc1cccc(CC(N)c2ccnnc2)c1. The third-order valence-corrected chi connectivity index (χ3v) is 2.63. The maximum absolute atomic E-state index is 6.11. The Morgan fingerprint density at radius 1 is 1.29 bits per heavy atom. The molecule has 1 unspecified atom stereocenters. The molecule has 0 aliphatic carbocycles. The minimum Gasteiger partial charge on any atom is -0.497 e. The van der Waals surface area contributed by atoms with Crippen molar-refractivity contribution in [2.24, 2.45) is 5.73 Å². The first-order valence-corrected chi connectivity index (χ1v) is 5.44. The van der Waals surface area contributed by atoms with Gasteiger partial charge in [0.2, 0.25) is 0 Å². The molecule has 0 aliphatic heterocycles. The number of hydrogen-bond acceptors (Lipinski definition) is 4.